The number of ether oxygens (including phenoxy) is 2. The Morgan fingerprint density at radius 2 is 2.00 bits per heavy atom. The molecule has 9 nitrogen and oxygen atoms in total. The third-order valence-electron chi connectivity index (χ3n) is 5.77. The van der Waals surface area contributed by atoms with E-state index in [0.717, 1.165) is 11.1 Å². The Balaban J connectivity index is 1.55. The molecule has 5 rings (SSSR count). The average molecular weight is 492 g/mol. The molecule has 178 valence electrons. The number of methoxy groups -OCH3 is 2. The van der Waals surface area contributed by atoms with E-state index >= 15 is 0 Å². The van der Waals surface area contributed by atoms with Crippen LogP contribution in [0.4, 0.5) is 11.6 Å². The largest absolute Gasteiger partial charge is 0.497 e. The number of hydrogen-bond acceptors (Lipinski definition) is 7. The molecule has 1 aliphatic heterocycles. The standard InChI is InChI=1S/C25H22ClN5O4/c1-14-22(24(32)30-19-11-16(33-2)8-9-20(19)34-3)23(31-25(29-14)27-13-28-31)21-10-15(12-35-21)17-6-4-5-7-18(17)26/h4-13,23H,1-3H3,(H,30,32)(H,27,28,29)/t23-/m1/s1. The minimum Gasteiger partial charge on any atom is -0.497 e. The smallest absolute Gasteiger partial charge is 0.256 e. The molecule has 10 heteroatoms. The van der Waals surface area contributed by atoms with E-state index < -0.39 is 6.04 Å². The van der Waals surface area contributed by atoms with Gasteiger partial charge in [-0.15, -0.1) is 0 Å². The third kappa shape index (κ3) is 4.10. The Kier molecular flexibility index (Phi) is 5.92. The highest BCUT2D eigenvalue weighted by Crippen LogP contribution is 2.39. The summed E-state index contributed by atoms with van der Waals surface area (Å²) in [6.45, 7) is 1.81. The van der Waals surface area contributed by atoms with Crippen LogP contribution in [0.15, 0.2) is 76.8 Å². The van der Waals surface area contributed by atoms with Crippen molar-refractivity contribution >= 4 is 29.1 Å². The van der Waals surface area contributed by atoms with E-state index in [9.17, 15) is 4.79 Å². The minimum absolute atomic E-state index is 0.358. The molecule has 2 aromatic heterocycles. The monoisotopic (exact) mass is 491 g/mol. The molecule has 0 unspecified atom stereocenters. The van der Waals surface area contributed by atoms with E-state index in [1.54, 1.807) is 43.2 Å². The van der Waals surface area contributed by atoms with Crippen molar-refractivity contribution in [1.82, 2.24) is 14.8 Å². The fourth-order valence-corrected chi connectivity index (χ4v) is 4.33. The lowest BCUT2D eigenvalue weighted by molar-refractivity contribution is -0.113. The number of carbonyl (C=O) groups is 1. The van der Waals surface area contributed by atoms with E-state index in [1.165, 1.54) is 13.4 Å². The Morgan fingerprint density at radius 3 is 2.77 bits per heavy atom. The number of amides is 1. The van der Waals surface area contributed by atoms with Gasteiger partial charge in [0, 0.05) is 27.9 Å². The summed E-state index contributed by atoms with van der Waals surface area (Å²) in [6, 6.07) is 13.9. The molecule has 0 fully saturated rings. The molecule has 0 radical (unpaired) electrons. The average Bonchev–Trinajstić information content (AvgIpc) is 3.53. The number of nitrogens with one attached hydrogen (secondary N) is 2. The summed E-state index contributed by atoms with van der Waals surface area (Å²) >= 11 is 6.39. The highest BCUT2D eigenvalue weighted by atomic mass is 35.5. The number of allylic oxidation sites excluding steroid dienone is 1. The van der Waals surface area contributed by atoms with Gasteiger partial charge in [0.25, 0.3) is 5.91 Å². The maximum absolute atomic E-state index is 13.7. The molecule has 1 aliphatic rings. The molecule has 0 spiro atoms. The summed E-state index contributed by atoms with van der Waals surface area (Å²) in [5.41, 5.74) is 3.11. The lowest BCUT2D eigenvalue weighted by Gasteiger charge is -2.27. The van der Waals surface area contributed by atoms with Crippen molar-refractivity contribution in [2.75, 3.05) is 24.9 Å². The van der Waals surface area contributed by atoms with Crippen LogP contribution in [0.5, 0.6) is 11.5 Å². The lowest BCUT2D eigenvalue weighted by atomic mass is 9.98. The fourth-order valence-electron chi connectivity index (χ4n) is 4.08. The summed E-state index contributed by atoms with van der Waals surface area (Å²) < 4.78 is 18.3. The van der Waals surface area contributed by atoms with Crippen molar-refractivity contribution < 1.29 is 18.7 Å². The molecule has 0 saturated heterocycles. The minimum atomic E-state index is -0.665. The SMILES string of the molecule is COc1ccc(OC)c(NC(=O)C2=C(C)Nc3ncnn3[C@@H]2c2cc(-c3ccccc3Cl)co2)c1. The van der Waals surface area contributed by atoms with Crippen molar-refractivity contribution in [3.8, 4) is 22.6 Å². The van der Waals surface area contributed by atoms with Gasteiger partial charge in [0.05, 0.1) is 31.7 Å². The predicted octanol–water partition coefficient (Wildman–Crippen LogP) is 5.14. The summed E-state index contributed by atoms with van der Waals surface area (Å²) in [7, 11) is 3.09. The zero-order valence-electron chi connectivity index (χ0n) is 19.2. The Bertz CT molecular complexity index is 1440. The van der Waals surface area contributed by atoms with Crippen LogP contribution in [0, 0.1) is 0 Å². The van der Waals surface area contributed by atoms with Crippen LogP contribution in [-0.2, 0) is 4.79 Å². The van der Waals surface area contributed by atoms with Gasteiger partial charge in [-0.25, -0.2) is 4.68 Å². The van der Waals surface area contributed by atoms with Gasteiger partial charge in [0.15, 0.2) is 0 Å². The quantitative estimate of drug-likeness (QED) is 0.385. The number of aromatic nitrogens is 3. The van der Waals surface area contributed by atoms with Crippen LogP contribution >= 0.6 is 11.6 Å². The number of benzene rings is 2. The molecule has 1 atom stereocenters. The molecule has 2 aromatic carbocycles. The van der Waals surface area contributed by atoms with Crippen LogP contribution in [0.3, 0.4) is 0 Å². The Hall–Kier alpha value is -4.24. The van der Waals surface area contributed by atoms with Crippen molar-refractivity contribution in [2.45, 2.75) is 13.0 Å². The fraction of sp³-hybridized carbons (Fsp3) is 0.160. The first kappa shape index (κ1) is 22.5. The van der Waals surface area contributed by atoms with Crippen LogP contribution in [0.25, 0.3) is 11.1 Å². The molecule has 1 amide bonds. The van der Waals surface area contributed by atoms with Gasteiger partial charge in [-0.05, 0) is 31.2 Å². The van der Waals surface area contributed by atoms with Gasteiger partial charge in [-0.2, -0.15) is 10.1 Å². The van der Waals surface area contributed by atoms with Crippen molar-refractivity contribution in [3.05, 3.63) is 83.2 Å². The predicted molar refractivity (Wildman–Crippen MR) is 132 cm³/mol. The maximum atomic E-state index is 13.7. The van der Waals surface area contributed by atoms with Crippen LogP contribution in [-0.4, -0.2) is 34.9 Å². The first-order valence-electron chi connectivity index (χ1n) is 10.7. The van der Waals surface area contributed by atoms with Crippen LogP contribution in [0.1, 0.15) is 18.7 Å². The molecule has 0 bridgehead atoms. The van der Waals surface area contributed by atoms with E-state index in [4.69, 9.17) is 25.5 Å². The van der Waals surface area contributed by atoms with Gasteiger partial charge >= 0.3 is 0 Å². The highest BCUT2D eigenvalue weighted by molar-refractivity contribution is 6.33. The number of nitrogens with zero attached hydrogens (tertiary/aromatic N) is 3. The Labute approximate surface area is 206 Å². The lowest BCUT2D eigenvalue weighted by Crippen LogP contribution is -2.31. The topological polar surface area (TPSA) is 103 Å². The highest BCUT2D eigenvalue weighted by Gasteiger charge is 2.36. The molecular weight excluding hydrogens is 470 g/mol. The van der Waals surface area contributed by atoms with Gasteiger partial charge in [-0.3, -0.25) is 4.79 Å². The van der Waals surface area contributed by atoms with E-state index in [1.807, 2.05) is 30.3 Å². The zero-order valence-corrected chi connectivity index (χ0v) is 20.0. The van der Waals surface area contributed by atoms with Crippen LogP contribution < -0.4 is 20.1 Å². The molecule has 2 N–H and O–H groups in total. The molecule has 35 heavy (non-hydrogen) atoms. The van der Waals surface area contributed by atoms with E-state index in [-0.39, 0.29) is 5.91 Å². The second kappa shape index (κ2) is 9.19. The number of furan rings is 1. The zero-order chi connectivity index (χ0) is 24.5. The van der Waals surface area contributed by atoms with Gasteiger partial charge < -0.3 is 24.5 Å². The van der Waals surface area contributed by atoms with E-state index in [0.29, 0.717) is 45.2 Å². The first-order chi connectivity index (χ1) is 17.0. The van der Waals surface area contributed by atoms with E-state index in [2.05, 4.69) is 20.7 Å². The maximum Gasteiger partial charge on any atom is 0.256 e. The Morgan fingerprint density at radius 1 is 1.17 bits per heavy atom. The van der Waals surface area contributed by atoms with Crippen LogP contribution in [0.2, 0.25) is 5.02 Å². The van der Waals surface area contributed by atoms with Crippen molar-refractivity contribution in [2.24, 2.45) is 0 Å². The third-order valence-corrected chi connectivity index (χ3v) is 6.10. The molecular formula is C25H22ClN5O4. The summed E-state index contributed by atoms with van der Waals surface area (Å²) in [4.78, 5) is 17.9. The summed E-state index contributed by atoms with van der Waals surface area (Å²) in [6.07, 6.45) is 3.04. The summed E-state index contributed by atoms with van der Waals surface area (Å²) in [5, 5.41) is 11.0. The normalized spacial score (nSPS) is 14.8. The molecule has 3 heterocycles. The summed E-state index contributed by atoms with van der Waals surface area (Å²) in [5.74, 6) is 1.73. The molecule has 0 aliphatic carbocycles. The number of hydrogen-bond donors (Lipinski definition) is 2. The van der Waals surface area contributed by atoms with Crippen molar-refractivity contribution in [3.63, 3.8) is 0 Å². The number of fused-ring (bicyclic) bond motifs is 1. The van der Waals surface area contributed by atoms with Gasteiger partial charge in [0.2, 0.25) is 5.95 Å². The second-order valence-corrected chi connectivity index (χ2v) is 8.24. The second-order valence-electron chi connectivity index (χ2n) is 7.83. The molecule has 0 saturated carbocycles. The first-order valence-corrected chi connectivity index (χ1v) is 11.1. The number of anilines is 2. The number of halogens is 1. The van der Waals surface area contributed by atoms with Crippen molar-refractivity contribution in [1.29, 1.82) is 0 Å². The van der Waals surface area contributed by atoms with Gasteiger partial charge in [0.1, 0.15) is 29.6 Å². The molecule has 4 aromatic rings. The number of carbonyl (C=O) groups excluding carboxylic acids is 1. The van der Waals surface area contributed by atoms with Gasteiger partial charge in [-0.1, -0.05) is 29.8 Å². The number of rotatable bonds is 6.